The number of carbonyl (C=O) groups excluding carboxylic acids is 2. The molecule has 178 valence electrons. The topological polar surface area (TPSA) is 125 Å². The van der Waals surface area contributed by atoms with Gasteiger partial charge in [0.2, 0.25) is 5.91 Å². The second-order valence-electron chi connectivity index (χ2n) is 8.31. The summed E-state index contributed by atoms with van der Waals surface area (Å²) >= 11 is 0. The molecule has 2 aromatic rings. The summed E-state index contributed by atoms with van der Waals surface area (Å²) in [5, 5.41) is 11.9. The Balaban J connectivity index is 1.94. The first kappa shape index (κ1) is 24.5. The molecule has 0 saturated carbocycles. The molecule has 1 unspecified atom stereocenters. The average molecular weight is 476 g/mol. The van der Waals surface area contributed by atoms with E-state index in [-0.39, 0.29) is 37.3 Å². The maximum absolute atomic E-state index is 13.5. The maximum atomic E-state index is 13.5. The highest BCUT2D eigenvalue weighted by Gasteiger charge is 2.48. The Bertz CT molecular complexity index is 1070. The summed E-state index contributed by atoms with van der Waals surface area (Å²) in [6.07, 6.45) is -0.461. The molecule has 1 aliphatic rings. The molecular formula is C23H29N3O6S. The smallest absolute Gasteiger partial charge is 0.317 e. The van der Waals surface area contributed by atoms with Crippen molar-refractivity contribution < 1.29 is 28.0 Å². The van der Waals surface area contributed by atoms with Gasteiger partial charge in [-0.05, 0) is 50.1 Å². The second-order valence-corrected chi connectivity index (χ2v) is 10.7. The van der Waals surface area contributed by atoms with E-state index >= 15 is 0 Å². The molecule has 1 heterocycles. The van der Waals surface area contributed by atoms with Gasteiger partial charge in [0.05, 0.1) is 12.2 Å². The van der Waals surface area contributed by atoms with Crippen molar-refractivity contribution in [2.75, 3.05) is 18.8 Å². The van der Waals surface area contributed by atoms with Crippen molar-refractivity contribution in [1.29, 1.82) is 0 Å². The lowest BCUT2D eigenvalue weighted by atomic mass is 9.90. The fourth-order valence-electron chi connectivity index (χ4n) is 3.92. The van der Waals surface area contributed by atoms with E-state index in [0.717, 1.165) is 0 Å². The second kappa shape index (κ2) is 10.2. The van der Waals surface area contributed by atoms with Crippen LogP contribution in [0.2, 0.25) is 0 Å². The van der Waals surface area contributed by atoms with Crippen LogP contribution in [0.15, 0.2) is 54.6 Å². The minimum absolute atomic E-state index is 0.00710. The molecular weight excluding hydrogens is 446 g/mol. The van der Waals surface area contributed by atoms with E-state index in [1.165, 1.54) is 4.90 Å². The summed E-state index contributed by atoms with van der Waals surface area (Å²) < 4.78 is 31.2. The summed E-state index contributed by atoms with van der Waals surface area (Å²) in [6.45, 7) is 3.79. The number of rotatable bonds is 6. The Morgan fingerprint density at radius 1 is 1.06 bits per heavy atom. The zero-order valence-electron chi connectivity index (χ0n) is 18.7. The van der Waals surface area contributed by atoms with Crippen molar-refractivity contribution in [3.63, 3.8) is 0 Å². The Labute approximate surface area is 193 Å². The highest BCUT2D eigenvalue weighted by atomic mass is 32.2. The van der Waals surface area contributed by atoms with Crippen LogP contribution in [0.5, 0.6) is 11.5 Å². The van der Waals surface area contributed by atoms with Gasteiger partial charge in [0.15, 0.2) is 9.84 Å². The summed E-state index contributed by atoms with van der Waals surface area (Å²) in [5.74, 6) is 0.0203. The third-order valence-electron chi connectivity index (χ3n) is 5.64. The predicted molar refractivity (Wildman–Crippen MR) is 123 cm³/mol. The summed E-state index contributed by atoms with van der Waals surface area (Å²) in [6, 6.07) is 15.2. The standard InChI is InChI=1S/C23H29N3O6S/c1-17(2)24-22(28)26-13-12-23(16-21(27)25-29,33(30,31)15-14-26)18-8-10-20(11-9-18)32-19-6-4-3-5-7-19/h3-11,17,29H,12-16H2,1-2H3,(H,24,28)(H,25,27). The Hall–Kier alpha value is -3.11. The van der Waals surface area contributed by atoms with Crippen LogP contribution in [0.3, 0.4) is 0 Å². The van der Waals surface area contributed by atoms with Crippen molar-refractivity contribution in [3.05, 3.63) is 60.2 Å². The fraction of sp³-hybridized carbons (Fsp3) is 0.391. The van der Waals surface area contributed by atoms with Crippen LogP contribution in [-0.2, 0) is 19.4 Å². The van der Waals surface area contributed by atoms with Crippen molar-refractivity contribution in [2.24, 2.45) is 0 Å². The molecule has 1 fully saturated rings. The van der Waals surface area contributed by atoms with Gasteiger partial charge in [-0.25, -0.2) is 18.7 Å². The number of ether oxygens (including phenoxy) is 1. The van der Waals surface area contributed by atoms with Crippen LogP contribution >= 0.6 is 0 Å². The lowest BCUT2D eigenvalue weighted by molar-refractivity contribution is -0.130. The van der Waals surface area contributed by atoms with E-state index < -0.39 is 26.9 Å². The van der Waals surface area contributed by atoms with E-state index in [2.05, 4.69) is 5.32 Å². The van der Waals surface area contributed by atoms with Gasteiger partial charge in [-0.3, -0.25) is 10.0 Å². The molecule has 10 heteroatoms. The summed E-state index contributed by atoms with van der Waals surface area (Å²) in [4.78, 5) is 26.1. The number of hydrogen-bond donors (Lipinski definition) is 3. The number of amides is 3. The quantitative estimate of drug-likeness (QED) is 0.436. The van der Waals surface area contributed by atoms with E-state index in [0.29, 0.717) is 17.1 Å². The first-order chi connectivity index (χ1) is 15.7. The lowest BCUT2D eigenvalue weighted by Gasteiger charge is -2.32. The highest BCUT2D eigenvalue weighted by Crippen LogP contribution is 2.41. The van der Waals surface area contributed by atoms with Crippen LogP contribution in [-0.4, -0.2) is 55.3 Å². The van der Waals surface area contributed by atoms with Gasteiger partial charge < -0.3 is 15.0 Å². The number of para-hydroxylation sites is 1. The molecule has 3 rings (SSSR count). The number of nitrogens with zero attached hydrogens (tertiary/aromatic N) is 1. The highest BCUT2D eigenvalue weighted by molar-refractivity contribution is 7.92. The van der Waals surface area contributed by atoms with E-state index in [1.807, 2.05) is 32.0 Å². The van der Waals surface area contributed by atoms with Crippen LogP contribution < -0.4 is 15.5 Å². The zero-order valence-corrected chi connectivity index (χ0v) is 19.5. The third-order valence-corrected chi connectivity index (χ3v) is 8.14. The first-order valence-corrected chi connectivity index (χ1v) is 12.4. The molecule has 1 aliphatic heterocycles. The number of nitrogens with one attached hydrogen (secondary N) is 2. The monoisotopic (exact) mass is 475 g/mol. The molecule has 3 amide bonds. The third kappa shape index (κ3) is 5.63. The van der Waals surface area contributed by atoms with Crippen molar-refractivity contribution in [1.82, 2.24) is 15.7 Å². The Morgan fingerprint density at radius 2 is 1.70 bits per heavy atom. The molecule has 1 atom stereocenters. The minimum atomic E-state index is -3.88. The average Bonchev–Trinajstić information content (AvgIpc) is 2.91. The normalized spacial score (nSPS) is 20.1. The van der Waals surface area contributed by atoms with Gasteiger partial charge in [0.25, 0.3) is 0 Å². The SMILES string of the molecule is CC(C)NC(=O)N1CCC(CC(=O)NO)(c2ccc(Oc3ccccc3)cc2)S(=O)(=O)CC1. The van der Waals surface area contributed by atoms with Gasteiger partial charge in [-0.15, -0.1) is 0 Å². The lowest BCUT2D eigenvalue weighted by Crippen LogP contribution is -2.44. The molecule has 0 bridgehead atoms. The van der Waals surface area contributed by atoms with Crippen LogP contribution in [0, 0.1) is 0 Å². The van der Waals surface area contributed by atoms with Crippen LogP contribution in [0.25, 0.3) is 0 Å². The Kier molecular flexibility index (Phi) is 7.60. The number of sulfone groups is 1. The Morgan fingerprint density at radius 3 is 2.30 bits per heavy atom. The summed E-state index contributed by atoms with van der Waals surface area (Å²) in [5.41, 5.74) is 1.95. The van der Waals surface area contributed by atoms with Gasteiger partial charge in [-0.1, -0.05) is 30.3 Å². The number of carbonyl (C=O) groups is 2. The van der Waals surface area contributed by atoms with Crippen LogP contribution in [0.1, 0.15) is 32.3 Å². The fourth-order valence-corrected chi connectivity index (χ4v) is 6.02. The molecule has 9 nitrogen and oxygen atoms in total. The molecule has 3 N–H and O–H groups in total. The molecule has 0 aliphatic carbocycles. The number of benzene rings is 2. The minimum Gasteiger partial charge on any atom is -0.457 e. The van der Waals surface area contributed by atoms with E-state index in [4.69, 9.17) is 9.94 Å². The molecule has 33 heavy (non-hydrogen) atoms. The van der Waals surface area contributed by atoms with Gasteiger partial charge in [0.1, 0.15) is 16.2 Å². The van der Waals surface area contributed by atoms with Crippen LogP contribution in [0.4, 0.5) is 4.79 Å². The number of hydroxylamine groups is 1. The van der Waals surface area contributed by atoms with E-state index in [9.17, 15) is 18.0 Å². The van der Waals surface area contributed by atoms with Gasteiger partial charge >= 0.3 is 6.03 Å². The molecule has 2 aromatic carbocycles. The maximum Gasteiger partial charge on any atom is 0.317 e. The largest absolute Gasteiger partial charge is 0.457 e. The predicted octanol–water partition coefficient (Wildman–Crippen LogP) is 2.81. The molecule has 0 spiro atoms. The molecule has 0 radical (unpaired) electrons. The number of urea groups is 1. The van der Waals surface area contributed by atoms with Gasteiger partial charge in [0, 0.05) is 19.1 Å². The van der Waals surface area contributed by atoms with Gasteiger partial charge in [-0.2, -0.15) is 0 Å². The van der Waals surface area contributed by atoms with Crippen molar-refractivity contribution >= 4 is 21.8 Å². The first-order valence-electron chi connectivity index (χ1n) is 10.7. The molecule has 0 aromatic heterocycles. The molecule has 1 saturated heterocycles. The van der Waals surface area contributed by atoms with Crippen molar-refractivity contribution in [2.45, 2.75) is 37.5 Å². The summed E-state index contributed by atoms with van der Waals surface area (Å²) in [7, 11) is -3.88. The van der Waals surface area contributed by atoms with Crippen molar-refractivity contribution in [3.8, 4) is 11.5 Å². The van der Waals surface area contributed by atoms with E-state index in [1.54, 1.807) is 41.9 Å². The zero-order chi connectivity index (χ0) is 24.1. The number of hydrogen-bond acceptors (Lipinski definition) is 6.